The van der Waals surface area contributed by atoms with Gasteiger partial charge in [-0.15, -0.1) is 0 Å². The quantitative estimate of drug-likeness (QED) is 0.682. The van der Waals surface area contributed by atoms with E-state index in [0.717, 1.165) is 9.36 Å². The zero-order valence-corrected chi connectivity index (χ0v) is 8.31. The van der Waals surface area contributed by atoms with E-state index in [0.29, 0.717) is 5.56 Å². The lowest BCUT2D eigenvalue weighted by molar-refractivity contribution is 0.602. The minimum absolute atomic E-state index is 0.149. The Morgan fingerprint density at radius 2 is 2.07 bits per heavy atom. The van der Waals surface area contributed by atoms with E-state index in [1.54, 1.807) is 19.1 Å². The van der Waals surface area contributed by atoms with Crippen molar-refractivity contribution in [1.82, 2.24) is 19.8 Å². The van der Waals surface area contributed by atoms with Crippen LogP contribution in [-0.4, -0.2) is 19.8 Å². The van der Waals surface area contributed by atoms with Gasteiger partial charge in [0.25, 0.3) is 0 Å². The number of para-hydroxylation sites is 1. The van der Waals surface area contributed by atoms with Gasteiger partial charge in [-0.05, 0) is 29.0 Å². The van der Waals surface area contributed by atoms with Gasteiger partial charge in [0.2, 0.25) is 0 Å². The van der Waals surface area contributed by atoms with E-state index < -0.39 is 11.5 Å². The molecule has 1 aromatic carbocycles. The van der Waals surface area contributed by atoms with Gasteiger partial charge in [-0.25, -0.2) is 9.18 Å². The summed E-state index contributed by atoms with van der Waals surface area (Å²) in [6, 6.07) is 4.57. The molecule has 0 saturated carbocycles. The zero-order chi connectivity index (χ0) is 11.0. The van der Waals surface area contributed by atoms with Crippen LogP contribution in [0.4, 0.5) is 4.39 Å². The van der Waals surface area contributed by atoms with E-state index in [1.165, 1.54) is 13.1 Å². The first kappa shape index (κ1) is 9.57. The highest BCUT2D eigenvalue weighted by Gasteiger charge is 2.12. The van der Waals surface area contributed by atoms with Gasteiger partial charge in [0.05, 0.1) is 0 Å². The predicted octanol–water partition coefficient (Wildman–Crippen LogP) is 0.414. The molecule has 0 bridgehead atoms. The van der Waals surface area contributed by atoms with Gasteiger partial charge in [0, 0.05) is 7.05 Å². The molecular formula is C9H9FN4O. The monoisotopic (exact) mass is 208 g/mol. The third-order valence-electron chi connectivity index (χ3n) is 2.12. The second-order valence-corrected chi connectivity index (χ2v) is 3.20. The molecule has 0 aliphatic heterocycles. The van der Waals surface area contributed by atoms with Crippen molar-refractivity contribution in [3.63, 3.8) is 0 Å². The average Bonchev–Trinajstić information content (AvgIpc) is 2.49. The molecule has 5 nitrogen and oxygen atoms in total. The van der Waals surface area contributed by atoms with Crippen molar-refractivity contribution >= 4 is 0 Å². The number of hydrogen-bond acceptors (Lipinski definition) is 3. The summed E-state index contributed by atoms with van der Waals surface area (Å²) in [5, 5.41) is 7.11. The first-order valence-electron chi connectivity index (χ1n) is 4.36. The molecular weight excluding hydrogens is 199 g/mol. The smallest absolute Gasteiger partial charge is 0.244 e. The molecule has 6 heteroatoms. The van der Waals surface area contributed by atoms with Gasteiger partial charge in [-0.1, -0.05) is 12.1 Å². The molecule has 0 aliphatic carbocycles. The second-order valence-electron chi connectivity index (χ2n) is 3.20. The molecule has 15 heavy (non-hydrogen) atoms. The number of aromatic nitrogens is 4. The summed E-state index contributed by atoms with van der Waals surface area (Å²) < 4.78 is 15.5. The largest absolute Gasteiger partial charge is 0.368 e. The Bertz CT molecular complexity index is 537. The summed E-state index contributed by atoms with van der Waals surface area (Å²) >= 11 is 0. The van der Waals surface area contributed by atoms with Crippen LogP contribution in [0.3, 0.4) is 0 Å². The van der Waals surface area contributed by atoms with E-state index in [1.807, 2.05) is 0 Å². The lowest BCUT2D eigenvalue weighted by Gasteiger charge is -2.03. The molecule has 0 unspecified atom stereocenters. The summed E-state index contributed by atoms with van der Waals surface area (Å²) in [6.07, 6.45) is 0. The Labute approximate surface area is 84.7 Å². The fourth-order valence-electron chi connectivity index (χ4n) is 1.35. The Kier molecular flexibility index (Phi) is 2.11. The maximum absolute atomic E-state index is 13.5. The van der Waals surface area contributed by atoms with Crippen LogP contribution in [-0.2, 0) is 7.05 Å². The molecule has 0 spiro atoms. The van der Waals surface area contributed by atoms with Gasteiger partial charge < -0.3 is 0 Å². The highest BCUT2D eigenvalue weighted by Crippen LogP contribution is 2.14. The van der Waals surface area contributed by atoms with Gasteiger partial charge in [-0.3, -0.25) is 0 Å². The molecule has 2 rings (SSSR count). The predicted molar refractivity (Wildman–Crippen MR) is 51.3 cm³/mol. The number of aryl methyl sites for hydroxylation is 2. The summed E-state index contributed by atoms with van der Waals surface area (Å²) in [4.78, 5) is 11.5. The van der Waals surface area contributed by atoms with Gasteiger partial charge in [0.15, 0.2) is 0 Å². The summed E-state index contributed by atoms with van der Waals surface area (Å²) in [5.41, 5.74) is 0.316. The van der Waals surface area contributed by atoms with Crippen molar-refractivity contribution in [2.75, 3.05) is 0 Å². The molecule has 1 aromatic heterocycles. The maximum Gasteiger partial charge on any atom is 0.368 e. The lowest BCUT2D eigenvalue weighted by Crippen LogP contribution is -2.23. The number of nitrogens with zero attached hydrogens (tertiary/aromatic N) is 4. The van der Waals surface area contributed by atoms with Gasteiger partial charge in [0.1, 0.15) is 11.5 Å². The fourth-order valence-corrected chi connectivity index (χ4v) is 1.35. The molecule has 0 N–H and O–H groups in total. The number of tetrazole rings is 1. The summed E-state index contributed by atoms with van der Waals surface area (Å²) in [7, 11) is 1.46. The van der Waals surface area contributed by atoms with Crippen molar-refractivity contribution in [3.05, 3.63) is 40.1 Å². The number of halogens is 1. The number of hydrogen-bond donors (Lipinski definition) is 0. The maximum atomic E-state index is 13.5. The SMILES string of the molecule is Cc1cccc(F)c1-n1nnn(C)c1=O. The minimum Gasteiger partial charge on any atom is -0.244 e. The van der Waals surface area contributed by atoms with Crippen molar-refractivity contribution in [2.45, 2.75) is 6.92 Å². The van der Waals surface area contributed by atoms with E-state index in [-0.39, 0.29) is 5.69 Å². The fraction of sp³-hybridized carbons (Fsp3) is 0.222. The first-order chi connectivity index (χ1) is 7.11. The molecule has 0 saturated heterocycles. The molecule has 2 aromatic rings. The Morgan fingerprint density at radius 3 is 2.60 bits per heavy atom. The summed E-state index contributed by atoms with van der Waals surface area (Å²) in [5.74, 6) is -0.488. The topological polar surface area (TPSA) is 52.7 Å². The third kappa shape index (κ3) is 1.43. The van der Waals surface area contributed by atoms with Crippen LogP contribution in [0.25, 0.3) is 5.69 Å². The highest BCUT2D eigenvalue weighted by atomic mass is 19.1. The highest BCUT2D eigenvalue weighted by molar-refractivity contribution is 5.40. The van der Waals surface area contributed by atoms with Crippen molar-refractivity contribution in [1.29, 1.82) is 0 Å². The molecule has 78 valence electrons. The lowest BCUT2D eigenvalue weighted by atomic mass is 10.2. The van der Waals surface area contributed by atoms with Crippen molar-refractivity contribution < 1.29 is 4.39 Å². The second kappa shape index (κ2) is 3.30. The third-order valence-corrected chi connectivity index (χ3v) is 2.12. The van der Waals surface area contributed by atoms with Crippen LogP contribution in [0.15, 0.2) is 23.0 Å². The minimum atomic E-state index is -0.488. The van der Waals surface area contributed by atoms with Gasteiger partial charge >= 0.3 is 5.69 Å². The van der Waals surface area contributed by atoms with E-state index >= 15 is 0 Å². The van der Waals surface area contributed by atoms with Crippen LogP contribution >= 0.6 is 0 Å². The molecule has 0 atom stereocenters. The van der Waals surface area contributed by atoms with E-state index in [4.69, 9.17) is 0 Å². The Morgan fingerprint density at radius 1 is 1.33 bits per heavy atom. The zero-order valence-electron chi connectivity index (χ0n) is 8.31. The molecule has 0 fully saturated rings. The molecule has 1 heterocycles. The Hall–Kier alpha value is -1.98. The summed E-state index contributed by atoms with van der Waals surface area (Å²) in [6.45, 7) is 1.71. The normalized spacial score (nSPS) is 10.6. The van der Waals surface area contributed by atoms with Crippen LogP contribution < -0.4 is 5.69 Å². The first-order valence-corrected chi connectivity index (χ1v) is 4.36. The molecule has 0 aliphatic rings. The Balaban J connectivity index is 2.75. The molecule has 0 radical (unpaired) electrons. The number of benzene rings is 1. The standard InChI is InChI=1S/C9H9FN4O/c1-6-4-3-5-7(10)8(6)14-9(15)13(2)11-12-14/h3-5H,1-2H3. The molecule has 0 amide bonds. The van der Waals surface area contributed by atoms with Crippen LogP contribution in [0.2, 0.25) is 0 Å². The van der Waals surface area contributed by atoms with Crippen LogP contribution in [0.1, 0.15) is 5.56 Å². The number of rotatable bonds is 1. The van der Waals surface area contributed by atoms with E-state index in [2.05, 4.69) is 10.4 Å². The van der Waals surface area contributed by atoms with Gasteiger partial charge in [-0.2, -0.15) is 9.36 Å². The van der Waals surface area contributed by atoms with Crippen LogP contribution in [0, 0.1) is 12.7 Å². The van der Waals surface area contributed by atoms with Crippen molar-refractivity contribution in [3.8, 4) is 5.69 Å². The van der Waals surface area contributed by atoms with Crippen molar-refractivity contribution in [2.24, 2.45) is 7.05 Å². The van der Waals surface area contributed by atoms with Crippen LogP contribution in [0.5, 0.6) is 0 Å². The average molecular weight is 208 g/mol. The van der Waals surface area contributed by atoms with E-state index in [9.17, 15) is 9.18 Å².